The Balaban J connectivity index is 3.02. The number of ether oxygens (including phenoxy) is 1. The van der Waals surface area contributed by atoms with Crippen LogP contribution in [-0.2, 0) is 4.74 Å². The number of hydrogen-bond acceptors (Lipinski definition) is 5. The lowest BCUT2D eigenvalue weighted by atomic mass is 10.2. The third-order valence-electron chi connectivity index (χ3n) is 1.43. The molecule has 0 spiro atoms. The summed E-state index contributed by atoms with van der Waals surface area (Å²) < 4.78 is 4.74. The molecule has 5 heteroatoms. The van der Waals surface area contributed by atoms with Crippen molar-refractivity contribution >= 4 is 22.3 Å². The fourth-order valence-electron chi connectivity index (χ4n) is 0.847. The molecule has 1 heterocycles. The highest BCUT2D eigenvalue weighted by molar-refractivity contribution is 7.14. The summed E-state index contributed by atoms with van der Waals surface area (Å²) in [5, 5.41) is 10.6. The Kier molecular flexibility index (Phi) is 2.88. The Morgan fingerprint density at radius 3 is 3.08 bits per heavy atom. The molecule has 4 nitrogen and oxygen atoms in total. The second kappa shape index (κ2) is 3.92. The number of nitrogens with two attached hydrogens (primary N) is 1. The van der Waals surface area contributed by atoms with Crippen LogP contribution in [-0.4, -0.2) is 12.6 Å². The summed E-state index contributed by atoms with van der Waals surface area (Å²) in [6, 6.07) is 1.87. The van der Waals surface area contributed by atoms with Crippen molar-refractivity contribution in [1.82, 2.24) is 0 Å². The van der Waals surface area contributed by atoms with Crippen molar-refractivity contribution in [2.24, 2.45) is 0 Å². The van der Waals surface area contributed by atoms with Crippen LogP contribution in [0.4, 0.5) is 5.00 Å². The van der Waals surface area contributed by atoms with Crippen LogP contribution in [0.1, 0.15) is 22.8 Å². The molecule has 0 aromatic carbocycles. The van der Waals surface area contributed by atoms with Crippen molar-refractivity contribution in [1.29, 1.82) is 5.26 Å². The largest absolute Gasteiger partial charge is 0.462 e. The van der Waals surface area contributed by atoms with E-state index in [1.54, 1.807) is 6.92 Å². The van der Waals surface area contributed by atoms with Crippen LogP contribution in [0.5, 0.6) is 0 Å². The van der Waals surface area contributed by atoms with Crippen LogP contribution in [0.2, 0.25) is 0 Å². The fourth-order valence-corrected chi connectivity index (χ4v) is 1.58. The quantitative estimate of drug-likeness (QED) is 0.725. The Morgan fingerprint density at radius 2 is 2.54 bits per heavy atom. The molecule has 1 aromatic heterocycles. The topological polar surface area (TPSA) is 76.1 Å². The van der Waals surface area contributed by atoms with Gasteiger partial charge in [0.25, 0.3) is 0 Å². The first-order valence-corrected chi connectivity index (χ1v) is 4.52. The fraction of sp³-hybridized carbons (Fsp3) is 0.250. The number of esters is 1. The van der Waals surface area contributed by atoms with Gasteiger partial charge in [-0.25, -0.2) is 4.79 Å². The molecule has 0 saturated heterocycles. The van der Waals surface area contributed by atoms with Crippen LogP contribution in [0.15, 0.2) is 5.38 Å². The maximum atomic E-state index is 11.2. The van der Waals surface area contributed by atoms with E-state index < -0.39 is 5.97 Å². The smallest absolute Gasteiger partial charge is 0.340 e. The summed E-state index contributed by atoms with van der Waals surface area (Å²) in [7, 11) is 0. The predicted molar refractivity (Wildman–Crippen MR) is 49.4 cm³/mol. The van der Waals surface area contributed by atoms with Gasteiger partial charge in [-0.3, -0.25) is 0 Å². The van der Waals surface area contributed by atoms with E-state index in [1.165, 1.54) is 5.38 Å². The summed E-state index contributed by atoms with van der Waals surface area (Å²) in [5.74, 6) is -0.494. The van der Waals surface area contributed by atoms with Gasteiger partial charge < -0.3 is 10.5 Å². The number of carbonyl (C=O) groups is 1. The van der Waals surface area contributed by atoms with Gasteiger partial charge in [-0.05, 0) is 6.92 Å². The van der Waals surface area contributed by atoms with Gasteiger partial charge in [0, 0.05) is 5.38 Å². The molecule has 1 rings (SSSR count). The minimum absolute atomic E-state index is 0.212. The first-order valence-electron chi connectivity index (χ1n) is 3.64. The van der Waals surface area contributed by atoms with Gasteiger partial charge in [0.15, 0.2) is 0 Å². The Labute approximate surface area is 79.5 Å². The summed E-state index contributed by atoms with van der Waals surface area (Å²) >= 11 is 1.16. The SMILES string of the molecule is CCOC(=O)c1csc(N)c1C#N. The summed E-state index contributed by atoms with van der Waals surface area (Å²) in [6.45, 7) is 2.00. The lowest BCUT2D eigenvalue weighted by Crippen LogP contribution is -2.05. The van der Waals surface area contributed by atoms with Crippen molar-refractivity contribution in [3.8, 4) is 6.07 Å². The zero-order chi connectivity index (χ0) is 9.84. The van der Waals surface area contributed by atoms with Crippen LogP contribution in [0.25, 0.3) is 0 Å². The second-order valence-electron chi connectivity index (χ2n) is 2.22. The van der Waals surface area contributed by atoms with Crippen molar-refractivity contribution in [2.45, 2.75) is 6.92 Å². The minimum atomic E-state index is -0.494. The molecule has 0 fully saturated rings. The average Bonchev–Trinajstić information content (AvgIpc) is 2.47. The number of nitrogen functional groups attached to an aromatic ring is 1. The average molecular weight is 196 g/mol. The van der Waals surface area contributed by atoms with Gasteiger partial charge in [-0.2, -0.15) is 5.26 Å². The highest BCUT2D eigenvalue weighted by Crippen LogP contribution is 2.24. The molecule has 0 radical (unpaired) electrons. The van der Waals surface area contributed by atoms with E-state index in [2.05, 4.69) is 0 Å². The molecule has 0 aliphatic rings. The molecule has 2 N–H and O–H groups in total. The van der Waals surface area contributed by atoms with Crippen LogP contribution in [0.3, 0.4) is 0 Å². The van der Waals surface area contributed by atoms with E-state index in [9.17, 15) is 4.79 Å². The maximum absolute atomic E-state index is 11.2. The lowest BCUT2D eigenvalue weighted by molar-refractivity contribution is 0.0526. The zero-order valence-corrected chi connectivity index (χ0v) is 7.85. The molecule has 0 atom stereocenters. The third kappa shape index (κ3) is 1.79. The number of nitriles is 1. The van der Waals surface area contributed by atoms with Gasteiger partial charge >= 0.3 is 5.97 Å². The second-order valence-corrected chi connectivity index (χ2v) is 3.13. The summed E-state index contributed by atoms with van der Waals surface area (Å²) in [5.41, 5.74) is 5.94. The predicted octanol–water partition coefficient (Wildman–Crippen LogP) is 1.38. The van der Waals surface area contributed by atoms with Crippen molar-refractivity contribution in [2.75, 3.05) is 12.3 Å². The number of anilines is 1. The standard InChI is InChI=1S/C8H8N2O2S/c1-2-12-8(11)6-4-13-7(10)5(6)3-9/h4H,2,10H2,1H3. The van der Waals surface area contributed by atoms with E-state index in [4.69, 9.17) is 15.7 Å². The van der Waals surface area contributed by atoms with E-state index >= 15 is 0 Å². The molecular weight excluding hydrogens is 188 g/mol. The molecular formula is C8H8N2O2S. The number of nitrogens with zero attached hydrogens (tertiary/aromatic N) is 1. The minimum Gasteiger partial charge on any atom is -0.462 e. The Morgan fingerprint density at radius 1 is 1.85 bits per heavy atom. The molecule has 0 unspecified atom stereocenters. The Bertz CT molecular complexity index is 365. The molecule has 1 aromatic rings. The highest BCUT2D eigenvalue weighted by Gasteiger charge is 2.16. The summed E-state index contributed by atoms with van der Waals surface area (Å²) in [6.07, 6.45) is 0. The molecule has 13 heavy (non-hydrogen) atoms. The molecule has 0 saturated carbocycles. The van der Waals surface area contributed by atoms with E-state index in [-0.39, 0.29) is 11.1 Å². The van der Waals surface area contributed by atoms with Crippen LogP contribution < -0.4 is 5.73 Å². The van der Waals surface area contributed by atoms with Crippen LogP contribution >= 0.6 is 11.3 Å². The van der Waals surface area contributed by atoms with Crippen molar-refractivity contribution in [3.05, 3.63) is 16.5 Å². The maximum Gasteiger partial charge on any atom is 0.340 e. The first kappa shape index (κ1) is 9.55. The number of thiophene rings is 1. The van der Waals surface area contributed by atoms with E-state index in [1.807, 2.05) is 6.07 Å². The monoisotopic (exact) mass is 196 g/mol. The number of hydrogen-bond donors (Lipinski definition) is 1. The summed E-state index contributed by atoms with van der Waals surface area (Å²) in [4.78, 5) is 11.2. The zero-order valence-electron chi connectivity index (χ0n) is 7.03. The van der Waals surface area contributed by atoms with Crippen molar-refractivity contribution < 1.29 is 9.53 Å². The lowest BCUT2D eigenvalue weighted by Gasteiger charge is -1.98. The van der Waals surface area contributed by atoms with E-state index in [0.717, 1.165) is 11.3 Å². The van der Waals surface area contributed by atoms with Gasteiger partial charge in [0.05, 0.1) is 12.2 Å². The first-order chi connectivity index (χ1) is 6.20. The van der Waals surface area contributed by atoms with Gasteiger partial charge in [0.1, 0.15) is 16.6 Å². The molecule has 0 aliphatic carbocycles. The van der Waals surface area contributed by atoms with Crippen molar-refractivity contribution in [3.63, 3.8) is 0 Å². The van der Waals surface area contributed by atoms with E-state index in [0.29, 0.717) is 11.6 Å². The van der Waals surface area contributed by atoms with Gasteiger partial charge in [0.2, 0.25) is 0 Å². The van der Waals surface area contributed by atoms with Crippen LogP contribution in [0, 0.1) is 11.3 Å². The third-order valence-corrected chi connectivity index (χ3v) is 2.24. The van der Waals surface area contributed by atoms with Gasteiger partial charge in [-0.15, -0.1) is 11.3 Å². The molecule has 68 valence electrons. The molecule has 0 aliphatic heterocycles. The Hall–Kier alpha value is -1.54. The molecule has 0 bridgehead atoms. The highest BCUT2D eigenvalue weighted by atomic mass is 32.1. The number of rotatable bonds is 2. The van der Waals surface area contributed by atoms with Gasteiger partial charge in [-0.1, -0.05) is 0 Å². The normalized spacial score (nSPS) is 9.23. The molecule has 0 amide bonds. The number of carbonyl (C=O) groups excluding carboxylic acids is 1.